The normalized spacial score (nSPS) is 12.7. The Hall–Kier alpha value is -1.04. The molecule has 1 N–H and O–H groups in total. The van der Waals surface area contributed by atoms with E-state index >= 15 is 0 Å². The molecular formula is C14H18BrNO3. The van der Waals surface area contributed by atoms with Gasteiger partial charge in [0.1, 0.15) is 0 Å². The van der Waals surface area contributed by atoms with Crippen molar-refractivity contribution in [3.63, 3.8) is 0 Å². The minimum Gasteiger partial charge on any atom is -0.454 e. The van der Waals surface area contributed by atoms with Crippen LogP contribution in [0.5, 0.6) is 11.5 Å². The Bertz CT molecular complexity index is 437. The van der Waals surface area contributed by atoms with Crippen LogP contribution < -0.4 is 14.8 Å². The zero-order valence-corrected chi connectivity index (χ0v) is 12.4. The van der Waals surface area contributed by atoms with Gasteiger partial charge in [0.05, 0.1) is 17.7 Å². The molecule has 1 aliphatic heterocycles. The Balaban J connectivity index is 1.72. The molecule has 0 atom stereocenters. The largest absolute Gasteiger partial charge is 0.454 e. The summed E-state index contributed by atoms with van der Waals surface area (Å²) in [6, 6.07) is 4.04. The van der Waals surface area contributed by atoms with E-state index in [-0.39, 0.29) is 0 Å². The smallest absolute Gasteiger partial charge is 0.231 e. The molecule has 104 valence electrons. The lowest BCUT2D eigenvalue weighted by molar-refractivity contribution is 0.140. The zero-order valence-electron chi connectivity index (χ0n) is 10.8. The number of benzene rings is 1. The first-order chi connectivity index (χ1) is 9.31. The first-order valence-corrected chi connectivity index (χ1v) is 7.08. The summed E-state index contributed by atoms with van der Waals surface area (Å²) in [5.74, 6) is 1.59. The van der Waals surface area contributed by atoms with Crippen LogP contribution >= 0.6 is 15.9 Å². The predicted molar refractivity (Wildman–Crippen MR) is 77.6 cm³/mol. The van der Waals surface area contributed by atoms with Crippen LogP contribution in [0.2, 0.25) is 0 Å². The minimum absolute atomic E-state index is 0.294. The number of nitrogens with one attached hydrogen (secondary N) is 1. The summed E-state index contributed by atoms with van der Waals surface area (Å²) in [6.07, 6.45) is 2.76. The van der Waals surface area contributed by atoms with E-state index < -0.39 is 0 Å². The number of hydrogen-bond donors (Lipinski definition) is 1. The highest BCUT2D eigenvalue weighted by atomic mass is 79.9. The lowest BCUT2D eigenvalue weighted by Gasteiger charge is -2.07. The van der Waals surface area contributed by atoms with Gasteiger partial charge in [-0.05, 0) is 40.0 Å². The molecule has 0 aliphatic carbocycles. The molecule has 2 rings (SSSR count). The van der Waals surface area contributed by atoms with E-state index in [0.717, 1.165) is 47.7 Å². The maximum absolute atomic E-state index is 5.42. The third kappa shape index (κ3) is 4.23. The molecule has 0 fully saturated rings. The Kier molecular flexibility index (Phi) is 5.69. The van der Waals surface area contributed by atoms with E-state index in [2.05, 4.69) is 27.8 Å². The van der Waals surface area contributed by atoms with Crippen LogP contribution in [0.25, 0.3) is 0 Å². The Labute approximate surface area is 121 Å². The van der Waals surface area contributed by atoms with Gasteiger partial charge in [0.25, 0.3) is 0 Å². The molecule has 1 aromatic carbocycles. The van der Waals surface area contributed by atoms with Gasteiger partial charge in [-0.1, -0.05) is 6.08 Å². The number of rotatable bonds is 8. The first-order valence-electron chi connectivity index (χ1n) is 6.28. The van der Waals surface area contributed by atoms with Gasteiger partial charge in [-0.3, -0.25) is 0 Å². The van der Waals surface area contributed by atoms with Crippen LogP contribution in [-0.2, 0) is 11.3 Å². The Morgan fingerprint density at radius 3 is 3.11 bits per heavy atom. The number of halogens is 1. The van der Waals surface area contributed by atoms with Crippen molar-refractivity contribution in [2.75, 3.05) is 26.6 Å². The molecule has 0 aromatic heterocycles. The standard InChI is InChI=1S/C14H18BrNO3/c1-2-3-5-17-6-4-16-9-11-7-12(15)14-13(8-11)18-10-19-14/h2,7-8,16H,1,3-6,9-10H2. The van der Waals surface area contributed by atoms with Crippen LogP contribution in [0.1, 0.15) is 12.0 Å². The predicted octanol–water partition coefficient (Wildman–Crippen LogP) is 2.86. The molecule has 0 amide bonds. The van der Waals surface area contributed by atoms with E-state index in [0.29, 0.717) is 13.4 Å². The summed E-state index contributed by atoms with van der Waals surface area (Å²) in [4.78, 5) is 0. The van der Waals surface area contributed by atoms with Crippen molar-refractivity contribution in [1.82, 2.24) is 5.32 Å². The van der Waals surface area contributed by atoms with Gasteiger partial charge in [-0.2, -0.15) is 0 Å². The highest BCUT2D eigenvalue weighted by molar-refractivity contribution is 9.10. The van der Waals surface area contributed by atoms with Crippen LogP contribution in [0, 0.1) is 0 Å². The highest BCUT2D eigenvalue weighted by Gasteiger charge is 2.17. The average Bonchev–Trinajstić information content (AvgIpc) is 2.86. The molecule has 1 heterocycles. The van der Waals surface area contributed by atoms with Crippen LogP contribution in [0.3, 0.4) is 0 Å². The van der Waals surface area contributed by atoms with Crippen molar-refractivity contribution in [2.45, 2.75) is 13.0 Å². The molecule has 0 unspecified atom stereocenters. The third-order valence-electron chi connectivity index (χ3n) is 2.71. The van der Waals surface area contributed by atoms with Crippen molar-refractivity contribution in [1.29, 1.82) is 0 Å². The summed E-state index contributed by atoms with van der Waals surface area (Å²) in [6.45, 7) is 6.99. The molecule has 0 spiro atoms. The van der Waals surface area contributed by atoms with Crippen molar-refractivity contribution >= 4 is 15.9 Å². The van der Waals surface area contributed by atoms with E-state index in [4.69, 9.17) is 14.2 Å². The number of hydrogen-bond acceptors (Lipinski definition) is 4. The second-order valence-corrected chi connectivity index (χ2v) is 5.03. The Morgan fingerprint density at radius 2 is 2.26 bits per heavy atom. The van der Waals surface area contributed by atoms with Gasteiger partial charge in [0.2, 0.25) is 6.79 Å². The summed E-state index contributed by atoms with van der Waals surface area (Å²) in [7, 11) is 0. The fourth-order valence-electron chi connectivity index (χ4n) is 1.77. The van der Waals surface area contributed by atoms with Crippen LogP contribution in [-0.4, -0.2) is 26.6 Å². The third-order valence-corrected chi connectivity index (χ3v) is 3.29. The fraction of sp³-hybridized carbons (Fsp3) is 0.429. The van der Waals surface area contributed by atoms with Gasteiger partial charge < -0.3 is 19.5 Å². The molecule has 1 aromatic rings. The molecule has 0 bridgehead atoms. The summed E-state index contributed by atoms with van der Waals surface area (Å²) >= 11 is 3.48. The molecular weight excluding hydrogens is 310 g/mol. The van der Waals surface area contributed by atoms with E-state index in [9.17, 15) is 0 Å². The lowest BCUT2D eigenvalue weighted by atomic mass is 10.2. The summed E-state index contributed by atoms with van der Waals surface area (Å²) in [5, 5.41) is 3.33. The van der Waals surface area contributed by atoms with Gasteiger partial charge in [0.15, 0.2) is 11.5 Å². The quantitative estimate of drug-likeness (QED) is 0.588. The van der Waals surface area contributed by atoms with Gasteiger partial charge >= 0.3 is 0 Å². The monoisotopic (exact) mass is 327 g/mol. The molecule has 1 aliphatic rings. The van der Waals surface area contributed by atoms with E-state index in [1.165, 1.54) is 0 Å². The first kappa shape index (κ1) is 14.4. The second-order valence-electron chi connectivity index (χ2n) is 4.18. The molecule has 19 heavy (non-hydrogen) atoms. The summed E-state index contributed by atoms with van der Waals surface area (Å²) in [5.41, 5.74) is 1.15. The van der Waals surface area contributed by atoms with Crippen molar-refractivity contribution < 1.29 is 14.2 Å². The maximum Gasteiger partial charge on any atom is 0.231 e. The zero-order chi connectivity index (χ0) is 13.5. The summed E-state index contributed by atoms with van der Waals surface area (Å²) < 4.78 is 17.1. The van der Waals surface area contributed by atoms with Crippen LogP contribution in [0.4, 0.5) is 0 Å². The lowest BCUT2D eigenvalue weighted by Crippen LogP contribution is -2.19. The topological polar surface area (TPSA) is 39.7 Å². The average molecular weight is 328 g/mol. The SMILES string of the molecule is C=CCCOCCNCc1cc(Br)c2c(c1)OCO2. The van der Waals surface area contributed by atoms with Crippen molar-refractivity contribution in [2.24, 2.45) is 0 Å². The van der Waals surface area contributed by atoms with Gasteiger partial charge in [-0.25, -0.2) is 0 Å². The maximum atomic E-state index is 5.42. The number of ether oxygens (including phenoxy) is 3. The minimum atomic E-state index is 0.294. The molecule has 0 saturated carbocycles. The van der Waals surface area contributed by atoms with Crippen LogP contribution in [0.15, 0.2) is 29.3 Å². The van der Waals surface area contributed by atoms with E-state index in [1.807, 2.05) is 18.2 Å². The van der Waals surface area contributed by atoms with Gasteiger partial charge in [-0.15, -0.1) is 6.58 Å². The molecule has 0 radical (unpaired) electrons. The van der Waals surface area contributed by atoms with Crippen molar-refractivity contribution in [3.8, 4) is 11.5 Å². The number of fused-ring (bicyclic) bond motifs is 1. The van der Waals surface area contributed by atoms with Gasteiger partial charge in [0, 0.05) is 13.1 Å². The molecule has 5 heteroatoms. The molecule has 0 saturated heterocycles. The molecule has 4 nitrogen and oxygen atoms in total. The highest BCUT2D eigenvalue weighted by Crippen LogP contribution is 2.39. The Morgan fingerprint density at radius 1 is 1.37 bits per heavy atom. The second kappa shape index (κ2) is 7.53. The fourth-order valence-corrected chi connectivity index (χ4v) is 2.37. The van der Waals surface area contributed by atoms with Crippen molar-refractivity contribution in [3.05, 3.63) is 34.8 Å². The van der Waals surface area contributed by atoms with E-state index in [1.54, 1.807) is 0 Å².